The van der Waals surface area contributed by atoms with Crippen LogP contribution in [-0.2, 0) is 4.79 Å². The van der Waals surface area contributed by atoms with E-state index in [9.17, 15) is 9.59 Å². The van der Waals surface area contributed by atoms with Crippen molar-refractivity contribution in [3.8, 4) is 0 Å². The molecule has 0 saturated heterocycles. The fraction of sp³-hybridized carbons (Fsp3) is 0.200. The van der Waals surface area contributed by atoms with Crippen LogP contribution >= 0.6 is 11.3 Å². The van der Waals surface area contributed by atoms with Crippen molar-refractivity contribution in [2.24, 2.45) is 5.73 Å². The van der Waals surface area contributed by atoms with Gasteiger partial charge >= 0.3 is 0 Å². The minimum Gasteiger partial charge on any atom is -0.366 e. The Morgan fingerprint density at radius 3 is 2.55 bits per heavy atom. The quantitative estimate of drug-likeness (QED) is 0.887. The molecule has 1 aromatic carbocycles. The van der Waals surface area contributed by atoms with Crippen molar-refractivity contribution < 1.29 is 9.59 Å². The molecule has 5 heteroatoms. The molecule has 0 bridgehead atoms. The standard InChI is InChI=1S/C15H16N2O2S/c1-2-11(10-6-4-3-5-7-10)14(19)17-15-12(13(16)18)8-9-20-15/h3-9,11H,2H2,1H3,(H2,16,18)(H,17,19). The van der Waals surface area contributed by atoms with Gasteiger partial charge in [-0.15, -0.1) is 11.3 Å². The van der Waals surface area contributed by atoms with Crippen LogP contribution in [0.4, 0.5) is 5.00 Å². The van der Waals surface area contributed by atoms with Crippen molar-refractivity contribution >= 4 is 28.2 Å². The molecule has 2 amide bonds. The highest BCUT2D eigenvalue weighted by atomic mass is 32.1. The fourth-order valence-corrected chi connectivity index (χ4v) is 2.85. The molecule has 3 N–H and O–H groups in total. The molecule has 104 valence electrons. The van der Waals surface area contributed by atoms with Gasteiger partial charge in [0, 0.05) is 0 Å². The third kappa shape index (κ3) is 3.05. The number of benzene rings is 1. The molecule has 0 aliphatic carbocycles. The number of hydrogen-bond donors (Lipinski definition) is 2. The van der Waals surface area contributed by atoms with Crippen LogP contribution in [0.5, 0.6) is 0 Å². The van der Waals surface area contributed by atoms with Crippen molar-refractivity contribution in [3.05, 3.63) is 52.9 Å². The van der Waals surface area contributed by atoms with E-state index >= 15 is 0 Å². The number of carbonyl (C=O) groups is 2. The second kappa shape index (κ2) is 6.34. The first-order valence-corrected chi connectivity index (χ1v) is 7.24. The molecule has 2 aromatic rings. The SMILES string of the molecule is CCC(C(=O)Nc1sccc1C(N)=O)c1ccccc1. The average Bonchev–Trinajstić information content (AvgIpc) is 2.89. The van der Waals surface area contributed by atoms with Gasteiger partial charge < -0.3 is 11.1 Å². The van der Waals surface area contributed by atoms with Crippen LogP contribution in [0, 0.1) is 0 Å². The Morgan fingerprint density at radius 2 is 1.95 bits per heavy atom. The minimum absolute atomic E-state index is 0.122. The Labute approximate surface area is 121 Å². The molecule has 2 rings (SSSR count). The lowest BCUT2D eigenvalue weighted by Crippen LogP contribution is -2.22. The lowest BCUT2D eigenvalue weighted by molar-refractivity contribution is -0.117. The summed E-state index contributed by atoms with van der Waals surface area (Å²) in [6, 6.07) is 11.2. The van der Waals surface area contributed by atoms with Gasteiger partial charge in [-0.2, -0.15) is 0 Å². The first-order chi connectivity index (χ1) is 9.63. The third-order valence-electron chi connectivity index (χ3n) is 3.09. The molecule has 0 spiro atoms. The van der Waals surface area contributed by atoms with Gasteiger partial charge in [-0.25, -0.2) is 0 Å². The van der Waals surface area contributed by atoms with E-state index in [0.717, 1.165) is 5.56 Å². The van der Waals surface area contributed by atoms with Gasteiger partial charge in [-0.3, -0.25) is 9.59 Å². The van der Waals surface area contributed by atoms with Gasteiger partial charge in [0.1, 0.15) is 5.00 Å². The number of carbonyl (C=O) groups excluding carboxylic acids is 2. The highest BCUT2D eigenvalue weighted by Gasteiger charge is 2.20. The zero-order valence-corrected chi connectivity index (χ0v) is 11.9. The number of thiophene rings is 1. The Hall–Kier alpha value is -2.14. The molecule has 0 aliphatic rings. The number of nitrogens with two attached hydrogens (primary N) is 1. The zero-order chi connectivity index (χ0) is 14.5. The van der Waals surface area contributed by atoms with Crippen molar-refractivity contribution in [2.75, 3.05) is 5.32 Å². The maximum atomic E-state index is 12.4. The predicted molar refractivity (Wildman–Crippen MR) is 80.9 cm³/mol. The first kappa shape index (κ1) is 14.3. The second-order valence-electron chi connectivity index (χ2n) is 4.39. The van der Waals surface area contributed by atoms with E-state index in [1.807, 2.05) is 37.3 Å². The summed E-state index contributed by atoms with van der Waals surface area (Å²) < 4.78 is 0. The van der Waals surface area contributed by atoms with Crippen LogP contribution in [0.1, 0.15) is 35.2 Å². The summed E-state index contributed by atoms with van der Waals surface area (Å²) in [6.07, 6.45) is 0.688. The molecule has 0 fully saturated rings. The topological polar surface area (TPSA) is 72.2 Å². The summed E-state index contributed by atoms with van der Waals surface area (Å²) in [5, 5.41) is 5.05. The van der Waals surface area contributed by atoms with E-state index in [-0.39, 0.29) is 11.8 Å². The molecule has 0 saturated carbocycles. The summed E-state index contributed by atoms with van der Waals surface area (Å²) >= 11 is 1.30. The fourth-order valence-electron chi connectivity index (χ4n) is 2.06. The molecular weight excluding hydrogens is 272 g/mol. The molecule has 1 atom stereocenters. The Balaban J connectivity index is 2.18. The lowest BCUT2D eigenvalue weighted by Gasteiger charge is -2.15. The van der Waals surface area contributed by atoms with Crippen molar-refractivity contribution in [3.63, 3.8) is 0 Å². The van der Waals surface area contributed by atoms with Crippen molar-refractivity contribution in [1.82, 2.24) is 0 Å². The summed E-state index contributed by atoms with van der Waals surface area (Å²) in [7, 11) is 0. The number of primary amides is 1. The molecule has 0 radical (unpaired) electrons. The van der Waals surface area contributed by atoms with Crippen molar-refractivity contribution in [2.45, 2.75) is 19.3 Å². The number of anilines is 1. The second-order valence-corrected chi connectivity index (χ2v) is 5.30. The number of nitrogens with one attached hydrogen (secondary N) is 1. The van der Waals surface area contributed by atoms with Crippen LogP contribution in [-0.4, -0.2) is 11.8 Å². The summed E-state index contributed by atoms with van der Waals surface area (Å²) in [5.74, 6) is -0.892. The largest absolute Gasteiger partial charge is 0.366 e. The van der Waals surface area contributed by atoms with Gasteiger partial charge in [0.2, 0.25) is 5.91 Å². The number of amides is 2. The molecule has 4 nitrogen and oxygen atoms in total. The third-order valence-corrected chi connectivity index (χ3v) is 3.92. The highest BCUT2D eigenvalue weighted by molar-refractivity contribution is 7.14. The molecular formula is C15H16N2O2S. The van der Waals surface area contributed by atoms with E-state index in [1.54, 1.807) is 11.4 Å². The van der Waals surface area contributed by atoms with E-state index in [0.29, 0.717) is 17.0 Å². The summed E-state index contributed by atoms with van der Waals surface area (Å²) in [5.41, 5.74) is 6.59. The Kier molecular flexibility index (Phi) is 4.53. The normalized spacial score (nSPS) is 11.8. The number of hydrogen-bond acceptors (Lipinski definition) is 3. The molecule has 0 aliphatic heterocycles. The van der Waals surface area contributed by atoms with Gasteiger partial charge in [-0.1, -0.05) is 37.3 Å². The predicted octanol–water partition coefficient (Wildman–Crippen LogP) is 2.98. The lowest BCUT2D eigenvalue weighted by atomic mass is 9.96. The van der Waals surface area contributed by atoms with Crippen LogP contribution < -0.4 is 11.1 Å². The first-order valence-electron chi connectivity index (χ1n) is 6.36. The van der Waals surface area contributed by atoms with Crippen LogP contribution in [0.15, 0.2) is 41.8 Å². The minimum atomic E-state index is -0.533. The van der Waals surface area contributed by atoms with Crippen LogP contribution in [0.25, 0.3) is 0 Å². The maximum absolute atomic E-state index is 12.4. The van der Waals surface area contributed by atoms with E-state index in [2.05, 4.69) is 5.32 Å². The Morgan fingerprint density at radius 1 is 1.25 bits per heavy atom. The van der Waals surface area contributed by atoms with Gasteiger partial charge in [0.15, 0.2) is 0 Å². The molecule has 1 unspecified atom stereocenters. The van der Waals surface area contributed by atoms with Crippen molar-refractivity contribution in [1.29, 1.82) is 0 Å². The van der Waals surface area contributed by atoms with Crippen LogP contribution in [0.3, 0.4) is 0 Å². The zero-order valence-electron chi connectivity index (χ0n) is 11.1. The Bertz CT molecular complexity index is 607. The molecule has 1 aromatic heterocycles. The van der Waals surface area contributed by atoms with Crippen LogP contribution in [0.2, 0.25) is 0 Å². The summed E-state index contributed by atoms with van der Waals surface area (Å²) in [4.78, 5) is 23.6. The smallest absolute Gasteiger partial charge is 0.251 e. The molecule has 20 heavy (non-hydrogen) atoms. The van der Waals surface area contributed by atoms with Gasteiger partial charge in [-0.05, 0) is 23.4 Å². The highest BCUT2D eigenvalue weighted by Crippen LogP contribution is 2.26. The van der Waals surface area contributed by atoms with Gasteiger partial charge in [0.05, 0.1) is 11.5 Å². The van der Waals surface area contributed by atoms with Gasteiger partial charge in [0.25, 0.3) is 5.91 Å². The van der Waals surface area contributed by atoms with E-state index < -0.39 is 5.91 Å². The molecule has 1 heterocycles. The maximum Gasteiger partial charge on any atom is 0.251 e. The monoisotopic (exact) mass is 288 g/mol. The van der Waals surface area contributed by atoms with E-state index in [4.69, 9.17) is 5.73 Å². The van der Waals surface area contributed by atoms with E-state index in [1.165, 1.54) is 11.3 Å². The number of rotatable bonds is 5. The summed E-state index contributed by atoms with van der Waals surface area (Å²) in [6.45, 7) is 1.96. The average molecular weight is 288 g/mol.